The quantitative estimate of drug-likeness (QED) is 0.651. The Kier molecular flexibility index (Phi) is 4.53. The maximum Gasteiger partial charge on any atom is 0.321 e. The first-order chi connectivity index (χ1) is 6.30. The normalized spacial score (nSPS) is 13.6. The predicted octanol–water partition coefficient (Wildman–Crippen LogP) is -0.461. The van der Waals surface area contributed by atoms with Crippen molar-refractivity contribution in [3.05, 3.63) is 0 Å². The summed E-state index contributed by atoms with van der Waals surface area (Å²) in [5.74, 6) is -2.36. The van der Waals surface area contributed by atoms with E-state index in [0.717, 1.165) is 0 Å². The van der Waals surface area contributed by atoms with Crippen LogP contribution in [0.2, 0.25) is 0 Å². The van der Waals surface area contributed by atoms with Gasteiger partial charge in [-0.1, -0.05) is 13.8 Å². The van der Waals surface area contributed by atoms with Gasteiger partial charge in [-0.2, -0.15) is 9.98 Å². The first-order valence-corrected chi connectivity index (χ1v) is 5.55. The fourth-order valence-corrected chi connectivity index (χ4v) is 1.80. The second-order valence-electron chi connectivity index (χ2n) is 3.09. The SMILES string of the molecule is CC(C)C(NS(=O)(=O)CC#N)C(=O)O. The minimum absolute atomic E-state index is 0.374. The van der Waals surface area contributed by atoms with Crippen LogP contribution < -0.4 is 4.72 Å². The van der Waals surface area contributed by atoms with Gasteiger partial charge in [-0.25, -0.2) is 8.42 Å². The number of rotatable bonds is 5. The standard InChI is InChI=1S/C7H12N2O4S/c1-5(2)6(7(10)11)9-14(12,13)4-3-8/h5-6,9H,4H2,1-2H3,(H,10,11). The van der Waals surface area contributed by atoms with Crippen LogP contribution in [0.4, 0.5) is 0 Å². The highest BCUT2D eigenvalue weighted by atomic mass is 32.2. The lowest BCUT2D eigenvalue weighted by atomic mass is 10.1. The van der Waals surface area contributed by atoms with E-state index in [1.807, 2.05) is 4.72 Å². The number of carboxylic acid groups (broad SMARTS) is 1. The molecule has 0 aliphatic rings. The van der Waals surface area contributed by atoms with Crippen LogP contribution in [-0.2, 0) is 14.8 Å². The fourth-order valence-electron chi connectivity index (χ4n) is 0.792. The molecule has 0 aromatic heterocycles. The molecule has 0 aliphatic heterocycles. The molecule has 1 unspecified atom stereocenters. The van der Waals surface area contributed by atoms with Gasteiger partial charge < -0.3 is 5.11 Å². The summed E-state index contributed by atoms with van der Waals surface area (Å²) in [6.45, 7) is 3.15. The molecule has 14 heavy (non-hydrogen) atoms. The maximum absolute atomic E-state index is 11.1. The molecule has 0 amide bonds. The summed E-state index contributed by atoms with van der Waals surface area (Å²) in [5, 5.41) is 16.8. The van der Waals surface area contributed by atoms with Crippen molar-refractivity contribution in [2.75, 3.05) is 5.75 Å². The van der Waals surface area contributed by atoms with Gasteiger partial charge in [0.15, 0.2) is 5.75 Å². The molecule has 0 radical (unpaired) electrons. The molecule has 0 bridgehead atoms. The second-order valence-corrected chi connectivity index (χ2v) is 4.85. The molecule has 80 valence electrons. The summed E-state index contributed by atoms with van der Waals surface area (Å²) in [4.78, 5) is 10.6. The number of nitrogens with one attached hydrogen (secondary N) is 1. The largest absolute Gasteiger partial charge is 0.480 e. The zero-order valence-corrected chi connectivity index (χ0v) is 8.71. The molecule has 0 rings (SSSR count). The predicted molar refractivity (Wildman–Crippen MR) is 48.8 cm³/mol. The van der Waals surface area contributed by atoms with Gasteiger partial charge in [-0.05, 0) is 5.92 Å². The van der Waals surface area contributed by atoms with Crippen LogP contribution in [0, 0.1) is 17.2 Å². The van der Waals surface area contributed by atoms with Crippen molar-refractivity contribution < 1.29 is 18.3 Å². The Morgan fingerprint density at radius 3 is 2.36 bits per heavy atom. The van der Waals surface area contributed by atoms with Crippen molar-refractivity contribution in [3.8, 4) is 6.07 Å². The zero-order chi connectivity index (χ0) is 11.4. The number of nitriles is 1. The maximum atomic E-state index is 11.1. The van der Waals surface area contributed by atoms with Gasteiger partial charge >= 0.3 is 5.97 Å². The topological polar surface area (TPSA) is 107 Å². The molecule has 6 nitrogen and oxygen atoms in total. The molecule has 0 heterocycles. The summed E-state index contributed by atoms with van der Waals surface area (Å²) >= 11 is 0. The van der Waals surface area contributed by atoms with Crippen LogP contribution in [0.5, 0.6) is 0 Å². The minimum atomic E-state index is -3.81. The fraction of sp³-hybridized carbons (Fsp3) is 0.714. The van der Waals surface area contributed by atoms with Crippen molar-refractivity contribution in [1.29, 1.82) is 5.26 Å². The van der Waals surface area contributed by atoms with Crippen LogP contribution in [-0.4, -0.2) is 31.3 Å². The molecule has 0 aromatic rings. The number of hydrogen-bond acceptors (Lipinski definition) is 4. The average molecular weight is 220 g/mol. The van der Waals surface area contributed by atoms with Gasteiger partial charge in [0.25, 0.3) is 0 Å². The summed E-state index contributed by atoms with van der Waals surface area (Å²) in [6.07, 6.45) is 0. The molecule has 0 spiro atoms. The lowest BCUT2D eigenvalue weighted by molar-refractivity contribution is -0.140. The van der Waals surface area contributed by atoms with E-state index in [0.29, 0.717) is 0 Å². The Morgan fingerprint density at radius 2 is 2.07 bits per heavy atom. The number of carboxylic acids is 1. The molecule has 0 saturated heterocycles. The van der Waals surface area contributed by atoms with E-state index in [-0.39, 0.29) is 5.92 Å². The van der Waals surface area contributed by atoms with Crippen LogP contribution in [0.3, 0.4) is 0 Å². The summed E-state index contributed by atoms with van der Waals surface area (Å²) < 4.78 is 24.0. The Hall–Kier alpha value is -1.13. The van der Waals surface area contributed by atoms with E-state index in [2.05, 4.69) is 0 Å². The van der Waals surface area contributed by atoms with E-state index in [1.54, 1.807) is 13.8 Å². The van der Waals surface area contributed by atoms with E-state index in [4.69, 9.17) is 10.4 Å². The van der Waals surface area contributed by atoms with Gasteiger partial charge in [0.1, 0.15) is 6.04 Å². The number of nitrogens with zero attached hydrogens (tertiary/aromatic N) is 1. The van der Waals surface area contributed by atoms with Crippen LogP contribution >= 0.6 is 0 Å². The third-order valence-corrected chi connectivity index (χ3v) is 2.62. The molecular formula is C7H12N2O4S. The van der Waals surface area contributed by atoms with Gasteiger partial charge in [-0.3, -0.25) is 4.79 Å². The highest BCUT2D eigenvalue weighted by molar-refractivity contribution is 7.89. The molecule has 2 N–H and O–H groups in total. The smallest absolute Gasteiger partial charge is 0.321 e. The van der Waals surface area contributed by atoms with E-state index in [1.165, 1.54) is 6.07 Å². The Bertz CT molecular complexity index is 341. The lowest BCUT2D eigenvalue weighted by Crippen LogP contribution is -2.44. The molecule has 0 fully saturated rings. The van der Waals surface area contributed by atoms with E-state index < -0.39 is 27.8 Å². The number of sulfonamides is 1. The monoisotopic (exact) mass is 220 g/mol. The molecule has 0 saturated carbocycles. The van der Waals surface area contributed by atoms with Crippen molar-refractivity contribution in [3.63, 3.8) is 0 Å². The first kappa shape index (κ1) is 12.9. The van der Waals surface area contributed by atoms with Crippen LogP contribution in [0.1, 0.15) is 13.8 Å². The first-order valence-electron chi connectivity index (χ1n) is 3.90. The second kappa shape index (κ2) is 4.93. The Labute approximate surface area is 82.6 Å². The van der Waals surface area contributed by atoms with Crippen LogP contribution in [0.15, 0.2) is 0 Å². The lowest BCUT2D eigenvalue weighted by Gasteiger charge is -2.16. The van der Waals surface area contributed by atoms with Gasteiger partial charge in [0, 0.05) is 0 Å². The summed E-state index contributed by atoms with van der Waals surface area (Å²) in [7, 11) is -3.81. The minimum Gasteiger partial charge on any atom is -0.480 e. The van der Waals surface area contributed by atoms with Crippen LogP contribution in [0.25, 0.3) is 0 Å². The van der Waals surface area contributed by atoms with Crippen molar-refractivity contribution in [2.24, 2.45) is 5.92 Å². The van der Waals surface area contributed by atoms with Crippen molar-refractivity contribution in [2.45, 2.75) is 19.9 Å². The number of aliphatic carboxylic acids is 1. The average Bonchev–Trinajstić information content (AvgIpc) is 1.99. The zero-order valence-electron chi connectivity index (χ0n) is 7.89. The van der Waals surface area contributed by atoms with Gasteiger partial charge in [-0.15, -0.1) is 0 Å². The van der Waals surface area contributed by atoms with Gasteiger partial charge in [0.05, 0.1) is 6.07 Å². The van der Waals surface area contributed by atoms with Gasteiger partial charge in [0.2, 0.25) is 10.0 Å². The third-order valence-electron chi connectivity index (χ3n) is 1.49. The highest BCUT2D eigenvalue weighted by Gasteiger charge is 2.26. The molecule has 1 atom stereocenters. The molecule has 0 aliphatic carbocycles. The third kappa shape index (κ3) is 4.20. The van der Waals surface area contributed by atoms with E-state index >= 15 is 0 Å². The molecular weight excluding hydrogens is 208 g/mol. The summed E-state index contributed by atoms with van der Waals surface area (Å²) in [6, 6.07) is 0.261. The van der Waals surface area contributed by atoms with Crippen molar-refractivity contribution >= 4 is 16.0 Å². The highest BCUT2D eigenvalue weighted by Crippen LogP contribution is 2.03. The molecule has 0 aromatic carbocycles. The van der Waals surface area contributed by atoms with E-state index in [9.17, 15) is 13.2 Å². The molecule has 7 heteroatoms. The Morgan fingerprint density at radius 1 is 1.57 bits per heavy atom. The van der Waals surface area contributed by atoms with Crippen molar-refractivity contribution in [1.82, 2.24) is 4.72 Å². The summed E-state index contributed by atoms with van der Waals surface area (Å²) in [5.41, 5.74) is 0. The number of carbonyl (C=O) groups is 1. The number of hydrogen-bond donors (Lipinski definition) is 2. The Balaban J connectivity index is 4.63.